The summed E-state index contributed by atoms with van der Waals surface area (Å²) in [7, 11) is 0. The fourth-order valence-corrected chi connectivity index (χ4v) is 2.15. The van der Waals surface area contributed by atoms with Gasteiger partial charge >= 0.3 is 0 Å². The molecule has 0 saturated heterocycles. The molecule has 13 heavy (non-hydrogen) atoms. The van der Waals surface area contributed by atoms with E-state index in [0.717, 1.165) is 24.8 Å². The van der Waals surface area contributed by atoms with Gasteiger partial charge in [-0.15, -0.1) is 0 Å². The van der Waals surface area contributed by atoms with Gasteiger partial charge in [0.1, 0.15) is 5.75 Å². The van der Waals surface area contributed by atoms with Crippen LogP contribution >= 0.6 is 0 Å². The van der Waals surface area contributed by atoms with Crippen molar-refractivity contribution in [3.63, 3.8) is 0 Å². The molecular weight excluding hydrogens is 164 g/mol. The van der Waals surface area contributed by atoms with Crippen molar-refractivity contribution in [2.24, 2.45) is 0 Å². The molecule has 1 unspecified atom stereocenters. The minimum Gasteiger partial charge on any atom is -0.508 e. The van der Waals surface area contributed by atoms with Gasteiger partial charge in [0.25, 0.3) is 0 Å². The molecule has 0 aromatic heterocycles. The second-order valence-corrected chi connectivity index (χ2v) is 3.62. The van der Waals surface area contributed by atoms with Gasteiger partial charge in [-0.3, -0.25) is 0 Å². The SMILES string of the molecule is OCC1CCCc2cccc(O)c21. The highest BCUT2D eigenvalue weighted by Gasteiger charge is 2.21. The van der Waals surface area contributed by atoms with Gasteiger partial charge in [-0.05, 0) is 30.9 Å². The van der Waals surface area contributed by atoms with Crippen molar-refractivity contribution in [1.82, 2.24) is 0 Å². The number of phenols is 1. The molecule has 2 nitrogen and oxygen atoms in total. The maximum absolute atomic E-state index is 9.65. The van der Waals surface area contributed by atoms with E-state index in [1.165, 1.54) is 5.56 Å². The molecule has 2 rings (SSSR count). The average Bonchev–Trinajstić information content (AvgIpc) is 2.17. The number of benzene rings is 1. The summed E-state index contributed by atoms with van der Waals surface area (Å²) >= 11 is 0. The molecule has 0 saturated carbocycles. The van der Waals surface area contributed by atoms with Crippen LogP contribution in [0.25, 0.3) is 0 Å². The van der Waals surface area contributed by atoms with Gasteiger partial charge in [0, 0.05) is 11.5 Å². The highest BCUT2D eigenvalue weighted by molar-refractivity contribution is 5.43. The number of aromatic hydroxyl groups is 1. The number of aliphatic hydroxyl groups is 1. The molecule has 0 heterocycles. The number of hydrogen-bond acceptors (Lipinski definition) is 2. The molecule has 70 valence electrons. The van der Waals surface area contributed by atoms with Crippen molar-refractivity contribution < 1.29 is 10.2 Å². The van der Waals surface area contributed by atoms with E-state index >= 15 is 0 Å². The molecule has 0 aliphatic heterocycles. The second-order valence-electron chi connectivity index (χ2n) is 3.62. The molecule has 2 heteroatoms. The average molecular weight is 178 g/mol. The van der Waals surface area contributed by atoms with Gasteiger partial charge in [-0.2, -0.15) is 0 Å². The molecule has 0 amide bonds. The van der Waals surface area contributed by atoms with Crippen LogP contribution in [0.1, 0.15) is 29.9 Å². The molecule has 0 radical (unpaired) electrons. The van der Waals surface area contributed by atoms with Crippen LogP contribution in [0.2, 0.25) is 0 Å². The molecule has 2 N–H and O–H groups in total. The van der Waals surface area contributed by atoms with Gasteiger partial charge in [0.05, 0.1) is 6.61 Å². The molecule has 1 aliphatic rings. The Balaban J connectivity index is 2.47. The van der Waals surface area contributed by atoms with E-state index in [4.69, 9.17) is 5.11 Å². The van der Waals surface area contributed by atoms with Crippen molar-refractivity contribution in [1.29, 1.82) is 0 Å². The fraction of sp³-hybridized carbons (Fsp3) is 0.455. The Bertz CT molecular complexity index is 307. The summed E-state index contributed by atoms with van der Waals surface area (Å²) in [6, 6.07) is 5.61. The van der Waals surface area contributed by atoms with E-state index in [-0.39, 0.29) is 12.5 Å². The van der Waals surface area contributed by atoms with E-state index in [2.05, 4.69) is 0 Å². The van der Waals surface area contributed by atoms with Gasteiger partial charge < -0.3 is 10.2 Å². The lowest BCUT2D eigenvalue weighted by Crippen LogP contribution is -2.13. The fourth-order valence-electron chi connectivity index (χ4n) is 2.15. The smallest absolute Gasteiger partial charge is 0.119 e. The summed E-state index contributed by atoms with van der Waals surface area (Å²) < 4.78 is 0. The molecule has 0 spiro atoms. The summed E-state index contributed by atoms with van der Waals surface area (Å²) in [6.07, 6.45) is 3.13. The van der Waals surface area contributed by atoms with Crippen LogP contribution < -0.4 is 0 Å². The number of phenolic OH excluding ortho intramolecular Hbond substituents is 1. The predicted molar refractivity (Wildman–Crippen MR) is 50.9 cm³/mol. The van der Waals surface area contributed by atoms with E-state index in [0.29, 0.717) is 5.75 Å². The summed E-state index contributed by atoms with van der Waals surface area (Å²) in [5.74, 6) is 0.487. The lowest BCUT2D eigenvalue weighted by molar-refractivity contribution is 0.249. The van der Waals surface area contributed by atoms with Gasteiger partial charge in [-0.25, -0.2) is 0 Å². The van der Waals surface area contributed by atoms with Gasteiger partial charge in [0.2, 0.25) is 0 Å². The maximum Gasteiger partial charge on any atom is 0.119 e. The van der Waals surface area contributed by atoms with Gasteiger partial charge in [0.15, 0.2) is 0 Å². The monoisotopic (exact) mass is 178 g/mol. The van der Waals surface area contributed by atoms with E-state index in [1.54, 1.807) is 6.07 Å². The largest absolute Gasteiger partial charge is 0.508 e. The highest BCUT2D eigenvalue weighted by Crippen LogP contribution is 2.36. The predicted octanol–water partition coefficient (Wildman–Crippen LogP) is 1.80. The Morgan fingerprint density at radius 1 is 1.38 bits per heavy atom. The number of aliphatic hydroxyl groups excluding tert-OH is 1. The zero-order chi connectivity index (χ0) is 9.26. The Labute approximate surface area is 77.8 Å². The minimum absolute atomic E-state index is 0.143. The quantitative estimate of drug-likeness (QED) is 0.688. The number of hydrogen-bond donors (Lipinski definition) is 2. The molecule has 1 aliphatic carbocycles. The lowest BCUT2D eigenvalue weighted by atomic mass is 9.83. The first-order valence-electron chi connectivity index (χ1n) is 4.74. The molecular formula is C11H14O2. The number of rotatable bonds is 1. The van der Waals surface area contributed by atoms with Gasteiger partial charge in [-0.1, -0.05) is 12.1 Å². The Morgan fingerprint density at radius 3 is 3.00 bits per heavy atom. The van der Waals surface area contributed by atoms with E-state index < -0.39 is 0 Å². The van der Waals surface area contributed by atoms with Crippen LogP contribution in [0.3, 0.4) is 0 Å². The topological polar surface area (TPSA) is 40.5 Å². The summed E-state index contributed by atoms with van der Waals surface area (Å²) in [4.78, 5) is 0. The number of fused-ring (bicyclic) bond motifs is 1. The maximum atomic E-state index is 9.65. The van der Waals surface area contributed by atoms with Crippen molar-refractivity contribution in [3.05, 3.63) is 29.3 Å². The third-order valence-corrected chi connectivity index (χ3v) is 2.80. The van der Waals surface area contributed by atoms with E-state index in [1.807, 2.05) is 12.1 Å². The van der Waals surface area contributed by atoms with Crippen molar-refractivity contribution >= 4 is 0 Å². The molecule has 1 atom stereocenters. The van der Waals surface area contributed by atoms with Crippen LogP contribution in [-0.2, 0) is 6.42 Å². The lowest BCUT2D eigenvalue weighted by Gasteiger charge is -2.24. The minimum atomic E-state index is 0.143. The Kier molecular flexibility index (Phi) is 2.23. The van der Waals surface area contributed by atoms with Crippen LogP contribution in [0.4, 0.5) is 0 Å². The van der Waals surface area contributed by atoms with Crippen LogP contribution in [0, 0.1) is 0 Å². The highest BCUT2D eigenvalue weighted by atomic mass is 16.3. The summed E-state index contributed by atoms with van der Waals surface area (Å²) in [6.45, 7) is 0.143. The zero-order valence-corrected chi connectivity index (χ0v) is 7.53. The normalized spacial score (nSPS) is 21.2. The third kappa shape index (κ3) is 1.42. The zero-order valence-electron chi connectivity index (χ0n) is 7.53. The Morgan fingerprint density at radius 2 is 2.23 bits per heavy atom. The first-order valence-corrected chi connectivity index (χ1v) is 4.74. The number of aryl methyl sites for hydroxylation is 1. The van der Waals surface area contributed by atoms with Crippen molar-refractivity contribution in [2.45, 2.75) is 25.2 Å². The Hall–Kier alpha value is -1.02. The molecule has 0 bridgehead atoms. The first-order chi connectivity index (χ1) is 6.33. The van der Waals surface area contributed by atoms with Crippen molar-refractivity contribution in [3.8, 4) is 5.75 Å². The van der Waals surface area contributed by atoms with Crippen LogP contribution in [0.15, 0.2) is 18.2 Å². The first kappa shape index (κ1) is 8.57. The molecule has 1 aromatic rings. The third-order valence-electron chi connectivity index (χ3n) is 2.80. The van der Waals surface area contributed by atoms with Crippen LogP contribution in [-0.4, -0.2) is 16.8 Å². The second kappa shape index (κ2) is 3.38. The summed E-state index contributed by atoms with van der Waals surface area (Å²) in [5, 5.41) is 18.8. The van der Waals surface area contributed by atoms with Crippen molar-refractivity contribution in [2.75, 3.05) is 6.61 Å². The molecule has 1 aromatic carbocycles. The summed E-state index contributed by atoms with van der Waals surface area (Å²) in [5.41, 5.74) is 2.17. The van der Waals surface area contributed by atoms with E-state index in [9.17, 15) is 5.11 Å². The molecule has 0 fully saturated rings. The standard InChI is InChI=1S/C11H14O2/c12-7-9-5-1-3-8-4-2-6-10(13)11(8)9/h2,4,6,9,12-13H,1,3,5,7H2. The van der Waals surface area contributed by atoms with Crippen LogP contribution in [0.5, 0.6) is 5.75 Å².